The first-order chi connectivity index (χ1) is 15.8. The van der Waals surface area contributed by atoms with Crippen molar-refractivity contribution in [2.75, 3.05) is 13.2 Å². The van der Waals surface area contributed by atoms with Crippen LogP contribution in [-0.2, 0) is 58.0 Å². The average molecular weight is 582 g/mol. The highest BCUT2D eigenvalue weighted by atomic mass is 32.3. The van der Waals surface area contributed by atoms with Crippen LogP contribution < -0.4 is 0 Å². The molecule has 8 N–H and O–H groups in total. The molecule has 0 spiro atoms. The summed E-state index contributed by atoms with van der Waals surface area (Å²) in [5.41, 5.74) is 0. The summed E-state index contributed by atoms with van der Waals surface area (Å²) in [6.45, 7) is -2.26. The van der Waals surface area contributed by atoms with Gasteiger partial charge in [0.05, 0.1) is 13.2 Å². The summed E-state index contributed by atoms with van der Waals surface area (Å²) < 4.78 is 120. The second-order valence-corrected chi connectivity index (χ2v) is 10.2. The molecule has 0 saturated carbocycles. The molecule has 0 aromatic heterocycles. The van der Waals surface area contributed by atoms with E-state index < -0.39 is 106 Å². The van der Waals surface area contributed by atoms with Crippen molar-refractivity contribution in [3.05, 3.63) is 0 Å². The Kier molecular flexibility index (Phi) is 9.90. The number of aliphatic hydroxyl groups is 5. The lowest BCUT2D eigenvalue weighted by molar-refractivity contribution is -0.349. The van der Waals surface area contributed by atoms with E-state index in [1.54, 1.807) is 0 Å². The van der Waals surface area contributed by atoms with Gasteiger partial charge in [-0.25, -0.2) is 12.5 Å². The van der Waals surface area contributed by atoms with Crippen molar-refractivity contribution in [2.45, 2.75) is 61.4 Å². The molecular weight excluding hydrogens is 560 g/mol. The van der Waals surface area contributed by atoms with E-state index >= 15 is 0 Å². The molecule has 35 heavy (non-hydrogen) atoms. The minimum absolute atomic E-state index is 1.01. The Bertz CT molecular complexity index is 1020. The molecule has 0 aliphatic carbocycles. The fraction of sp³-hybridized carbons (Fsp3) is 1.00. The first-order valence-corrected chi connectivity index (χ1v) is 13.1. The molecule has 2 aliphatic rings. The molecule has 10 atom stereocenters. The van der Waals surface area contributed by atoms with Gasteiger partial charge in [0.1, 0.15) is 36.6 Å². The highest BCUT2D eigenvalue weighted by molar-refractivity contribution is 7.81. The number of hydrogen-bond acceptors (Lipinski definition) is 17. The van der Waals surface area contributed by atoms with Crippen LogP contribution in [0.15, 0.2) is 0 Å². The molecule has 23 heteroatoms. The van der Waals surface area contributed by atoms with Crippen molar-refractivity contribution in [1.82, 2.24) is 0 Å². The van der Waals surface area contributed by atoms with Gasteiger partial charge >= 0.3 is 31.2 Å². The number of hydrogen-bond donors (Lipinski definition) is 8. The molecule has 2 heterocycles. The van der Waals surface area contributed by atoms with Crippen LogP contribution in [0.4, 0.5) is 0 Å². The fourth-order valence-electron chi connectivity index (χ4n) is 3.17. The third-order valence-electron chi connectivity index (χ3n) is 4.60. The Hall–Kier alpha value is -0.710. The van der Waals surface area contributed by atoms with Gasteiger partial charge in [-0.2, -0.15) is 25.3 Å². The Labute approximate surface area is 197 Å². The molecule has 2 fully saturated rings. The van der Waals surface area contributed by atoms with Crippen LogP contribution in [0, 0.1) is 0 Å². The summed E-state index contributed by atoms with van der Waals surface area (Å²) >= 11 is 0. The SMILES string of the molecule is O=S(=O)(O)OC[C@H]1O[C@H](O)[C@H](OS(=O)(=O)O)[C@@H](O)[C@H]1O[C@@H]1O[C@H](CO)[C@H](O)[C@H](O)[C@H]1OS(=O)(=O)O. The quantitative estimate of drug-likeness (QED) is 0.111. The molecule has 2 rings (SSSR count). The van der Waals surface area contributed by atoms with Crippen LogP contribution in [-0.4, -0.2) is 139 Å². The van der Waals surface area contributed by atoms with Crippen molar-refractivity contribution in [3.8, 4) is 0 Å². The van der Waals surface area contributed by atoms with Crippen LogP contribution in [0.25, 0.3) is 0 Å². The molecule has 0 bridgehead atoms. The third-order valence-corrected chi connectivity index (χ3v) is 5.96. The summed E-state index contributed by atoms with van der Waals surface area (Å²) in [6, 6.07) is 0. The number of rotatable bonds is 10. The van der Waals surface area contributed by atoms with Crippen molar-refractivity contribution in [3.63, 3.8) is 0 Å². The maximum Gasteiger partial charge on any atom is 0.397 e. The molecule has 0 radical (unpaired) electrons. The Balaban J connectivity index is 2.42. The molecule has 2 aliphatic heterocycles. The third kappa shape index (κ3) is 8.68. The van der Waals surface area contributed by atoms with Gasteiger partial charge in [-0.15, -0.1) is 0 Å². The molecule has 0 unspecified atom stereocenters. The fourth-order valence-corrected chi connectivity index (χ4v) is 4.45. The first kappa shape index (κ1) is 30.5. The van der Waals surface area contributed by atoms with Crippen LogP contribution >= 0.6 is 0 Å². The van der Waals surface area contributed by atoms with Gasteiger partial charge in [-0.3, -0.25) is 13.7 Å². The molecule has 0 aromatic carbocycles. The maximum atomic E-state index is 11.2. The van der Waals surface area contributed by atoms with Gasteiger partial charge in [-0.05, 0) is 0 Å². The monoisotopic (exact) mass is 582 g/mol. The second-order valence-electron chi connectivity index (χ2n) is 7.05. The van der Waals surface area contributed by atoms with E-state index in [0.717, 1.165) is 0 Å². The Morgan fingerprint density at radius 3 is 1.69 bits per heavy atom. The van der Waals surface area contributed by atoms with E-state index in [1.165, 1.54) is 0 Å². The van der Waals surface area contributed by atoms with Crippen LogP contribution in [0.3, 0.4) is 0 Å². The van der Waals surface area contributed by atoms with Gasteiger partial charge in [0.2, 0.25) is 0 Å². The Morgan fingerprint density at radius 1 is 0.657 bits per heavy atom. The molecular formula is C12H22O20S3. The predicted octanol–water partition coefficient (Wildman–Crippen LogP) is -5.92. The minimum atomic E-state index is -5.38. The normalized spacial score (nSPS) is 39.4. The van der Waals surface area contributed by atoms with Crippen molar-refractivity contribution in [1.29, 1.82) is 0 Å². The zero-order valence-electron chi connectivity index (χ0n) is 16.9. The molecule has 20 nitrogen and oxygen atoms in total. The second kappa shape index (κ2) is 11.4. The zero-order valence-corrected chi connectivity index (χ0v) is 19.3. The van der Waals surface area contributed by atoms with Crippen LogP contribution in [0.1, 0.15) is 0 Å². The standard InChI is InChI=1S/C12H22O20S3/c13-1-3-5(14)6(15)10(32-35(24,25)26)12(29-3)30-8-4(2-27-33(18,19)20)28-11(17)9(7(8)16)31-34(21,22)23/h3-17H,1-2H2,(H,18,19,20)(H,21,22,23)(H,24,25,26)/t3-,4-,5+,6+,7+,8+,9-,10-,11+,12+/m1/s1. The van der Waals surface area contributed by atoms with Gasteiger partial charge in [0, 0.05) is 0 Å². The molecule has 0 amide bonds. The molecule has 208 valence electrons. The van der Waals surface area contributed by atoms with Crippen molar-refractivity contribution >= 4 is 31.2 Å². The van der Waals surface area contributed by atoms with E-state index in [1.807, 2.05) is 0 Å². The molecule has 0 aromatic rings. The summed E-state index contributed by atoms with van der Waals surface area (Å²) in [4.78, 5) is 0. The summed E-state index contributed by atoms with van der Waals surface area (Å²) in [6.07, 6.45) is -21.9. The van der Waals surface area contributed by atoms with E-state index in [4.69, 9.17) is 27.9 Å². The average Bonchev–Trinajstić information content (AvgIpc) is 2.69. The summed E-state index contributed by atoms with van der Waals surface area (Å²) in [7, 11) is -15.9. The lowest BCUT2D eigenvalue weighted by Crippen LogP contribution is -2.65. The maximum absolute atomic E-state index is 11.2. The van der Waals surface area contributed by atoms with E-state index in [0.29, 0.717) is 0 Å². The molecule has 2 saturated heterocycles. The van der Waals surface area contributed by atoms with Gasteiger partial charge in [0.15, 0.2) is 24.8 Å². The smallest absolute Gasteiger partial charge is 0.394 e. The van der Waals surface area contributed by atoms with E-state index in [-0.39, 0.29) is 0 Å². The number of aliphatic hydroxyl groups excluding tert-OH is 5. The van der Waals surface area contributed by atoms with Crippen LogP contribution in [0.5, 0.6) is 0 Å². The lowest BCUT2D eigenvalue weighted by Gasteiger charge is -2.46. The predicted molar refractivity (Wildman–Crippen MR) is 99.9 cm³/mol. The van der Waals surface area contributed by atoms with Crippen molar-refractivity contribution < 1.29 is 91.2 Å². The minimum Gasteiger partial charge on any atom is -0.394 e. The van der Waals surface area contributed by atoms with E-state index in [2.05, 4.69) is 12.5 Å². The highest BCUT2D eigenvalue weighted by Gasteiger charge is 2.53. The number of ether oxygens (including phenoxy) is 3. The largest absolute Gasteiger partial charge is 0.397 e. The highest BCUT2D eigenvalue weighted by Crippen LogP contribution is 2.32. The topological polar surface area (TPSA) is 320 Å². The summed E-state index contributed by atoms with van der Waals surface area (Å²) in [5.74, 6) is 0. The van der Waals surface area contributed by atoms with E-state index in [9.17, 15) is 50.8 Å². The zero-order chi connectivity index (χ0) is 26.9. The van der Waals surface area contributed by atoms with Gasteiger partial charge in [0.25, 0.3) is 0 Å². The summed E-state index contributed by atoms with van der Waals surface area (Å²) in [5, 5.41) is 49.8. The van der Waals surface area contributed by atoms with Crippen molar-refractivity contribution in [2.24, 2.45) is 0 Å². The first-order valence-electron chi connectivity index (χ1n) is 9.05. The van der Waals surface area contributed by atoms with Crippen LogP contribution in [0.2, 0.25) is 0 Å². The van der Waals surface area contributed by atoms with Gasteiger partial charge in [-0.1, -0.05) is 0 Å². The van der Waals surface area contributed by atoms with Gasteiger partial charge < -0.3 is 39.7 Å². The lowest BCUT2D eigenvalue weighted by atomic mass is 9.97. The Morgan fingerprint density at radius 2 is 1.20 bits per heavy atom.